The normalized spacial score (nSPS) is 10.7. The van der Waals surface area contributed by atoms with Gasteiger partial charge in [0.2, 0.25) is 0 Å². The third kappa shape index (κ3) is 2.06. The number of carbonyl (C=O) groups is 1. The minimum atomic E-state index is -0.166. The molecule has 0 atom stereocenters. The van der Waals surface area contributed by atoms with Gasteiger partial charge in [-0.25, -0.2) is 4.98 Å². The van der Waals surface area contributed by atoms with Crippen molar-refractivity contribution in [3.8, 4) is 0 Å². The fourth-order valence-corrected chi connectivity index (χ4v) is 2.05. The summed E-state index contributed by atoms with van der Waals surface area (Å²) in [6, 6.07) is 10.7. The molecular weight excluding hydrogens is 242 g/mol. The van der Waals surface area contributed by atoms with Gasteiger partial charge in [0, 0.05) is 6.20 Å². The Kier molecular flexibility index (Phi) is 2.72. The largest absolute Gasteiger partial charge is 0.338 e. The number of rotatable bonds is 3. The zero-order chi connectivity index (χ0) is 13.2. The average molecular weight is 253 g/mol. The molecule has 0 aliphatic heterocycles. The second-order valence-corrected chi connectivity index (χ2v) is 4.21. The van der Waals surface area contributed by atoms with Crippen LogP contribution in [-0.2, 0) is 6.54 Å². The predicted molar refractivity (Wildman–Crippen MR) is 71.3 cm³/mol. The first-order chi connectivity index (χ1) is 9.28. The maximum Gasteiger partial charge on any atom is 0.258 e. The minimum absolute atomic E-state index is 0.166. The maximum atomic E-state index is 11.9. The monoisotopic (exact) mass is 253 g/mol. The smallest absolute Gasteiger partial charge is 0.258 e. The minimum Gasteiger partial charge on any atom is -0.338 e. The van der Waals surface area contributed by atoms with Crippen LogP contribution in [0, 0.1) is 0 Å². The first-order valence-corrected chi connectivity index (χ1v) is 5.86. The van der Waals surface area contributed by atoms with E-state index in [4.69, 9.17) is 0 Å². The highest BCUT2D eigenvalue weighted by Gasteiger charge is 2.05. The molecule has 1 aromatic carbocycles. The van der Waals surface area contributed by atoms with Gasteiger partial charge in [-0.3, -0.25) is 9.59 Å². The van der Waals surface area contributed by atoms with Gasteiger partial charge in [-0.15, -0.1) is 0 Å². The fourth-order valence-electron chi connectivity index (χ4n) is 2.05. The molecule has 0 saturated carbocycles. The summed E-state index contributed by atoms with van der Waals surface area (Å²) in [4.78, 5) is 29.9. The van der Waals surface area contributed by atoms with Crippen molar-refractivity contribution < 1.29 is 4.79 Å². The molecule has 0 amide bonds. The average Bonchev–Trinajstić information content (AvgIpc) is 2.86. The van der Waals surface area contributed by atoms with Crippen LogP contribution in [0.25, 0.3) is 10.9 Å². The van der Waals surface area contributed by atoms with Crippen LogP contribution in [0.4, 0.5) is 0 Å². The Morgan fingerprint density at radius 2 is 2.05 bits per heavy atom. The number of fused-ring (bicyclic) bond motifs is 1. The molecule has 19 heavy (non-hydrogen) atoms. The molecular formula is C14H11N3O2. The lowest BCUT2D eigenvalue weighted by Crippen LogP contribution is -2.14. The van der Waals surface area contributed by atoms with Crippen LogP contribution in [0.1, 0.15) is 16.3 Å². The standard InChI is InChI=1S/C14H11N3O2/c18-9-10-4-3-7-17(10)8-13-15-12-6-2-1-5-11(12)14(19)16-13/h1-7,9H,8H2,(H,15,16,19). The SMILES string of the molecule is O=Cc1cccn1Cc1nc2ccccc2c(=O)[nH]1. The molecule has 5 nitrogen and oxygen atoms in total. The topological polar surface area (TPSA) is 67.8 Å². The molecule has 2 heterocycles. The van der Waals surface area contributed by atoms with Crippen molar-refractivity contribution in [2.45, 2.75) is 6.54 Å². The summed E-state index contributed by atoms with van der Waals surface area (Å²) in [6.45, 7) is 0.362. The van der Waals surface area contributed by atoms with E-state index in [9.17, 15) is 9.59 Å². The number of nitrogens with zero attached hydrogens (tertiary/aromatic N) is 2. The van der Waals surface area contributed by atoms with E-state index in [1.54, 1.807) is 41.1 Å². The molecule has 0 unspecified atom stereocenters. The van der Waals surface area contributed by atoms with Gasteiger partial charge < -0.3 is 9.55 Å². The van der Waals surface area contributed by atoms with Crippen LogP contribution in [-0.4, -0.2) is 20.8 Å². The first-order valence-electron chi connectivity index (χ1n) is 5.86. The summed E-state index contributed by atoms with van der Waals surface area (Å²) in [7, 11) is 0. The highest BCUT2D eigenvalue weighted by molar-refractivity contribution is 5.77. The van der Waals surface area contributed by atoms with Crippen LogP contribution in [0.2, 0.25) is 0 Å². The van der Waals surface area contributed by atoms with Gasteiger partial charge >= 0.3 is 0 Å². The molecule has 5 heteroatoms. The maximum absolute atomic E-state index is 11.9. The highest BCUT2D eigenvalue weighted by atomic mass is 16.1. The second kappa shape index (κ2) is 4.53. The van der Waals surface area contributed by atoms with Gasteiger partial charge in [0.05, 0.1) is 23.1 Å². The summed E-state index contributed by atoms with van der Waals surface area (Å²) >= 11 is 0. The third-order valence-electron chi connectivity index (χ3n) is 2.97. The summed E-state index contributed by atoms with van der Waals surface area (Å²) in [5, 5.41) is 0.564. The number of carbonyl (C=O) groups excluding carboxylic acids is 1. The van der Waals surface area contributed by atoms with Crippen molar-refractivity contribution in [2.75, 3.05) is 0 Å². The van der Waals surface area contributed by atoms with E-state index in [0.717, 1.165) is 6.29 Å². The van der Waals surface area contributed by atoms with Crippen molar-refractivity contribution in [3.63, 3.8) is 0 Å². The Morgan fingerprint density at radius 3 is 2.89 bits per heavy atom. The van der Waals surface area contributed by atoms with E-state index >= 15 is 0 Å². The molecule has 3 rings (SSSR count). The number of hydrogen-bond acceptors (Lipinski definition) is 3. The van der Waals surface area contributed by atoms with Gasteiger partial charge in [0.25, 0.3) is 5.56 Å². The van der Waals surface area contributed by atoms with Crippen molar-refractivity contribution >= 4 is 17.2 Å². The lowest BCUT2D eigenvalue weighted by molar-refractivity contribution is 0.111. The van der Waals surface area contributed by atoms with Crippen molar-refractivity contribution in [1.82, 2.24) is 14.5 Å². The van der Waals surface area contributed by atoms with Crippen molar-refractivity contribution in [1.29, 1.82) is 0 Å². The van der Waals surface area contributed by atoms with Crippen LogP contribution >= 0.6 is 0 Å². The number of H-pyrrole nitrogens is 1. The summed E-state index contributed by atoms with van der Waals surface area (Å²) in [5.41, 5.74) is 1.04. The summed E-state index contributed by atoms with van der Waals surface area (Å²) in [6.07, 6.45) is 2.55. The predicted octanol–water partition coefficient (Wildman–Crippen LogP) is 1.59. The quantitative estimate of drug-likeness (QED) is 0.721. The van der Waals surface area contributed by atoms with E-state index in [1.165, 1.54) is 0 Å². The zero-order valence-corrected chi connectivity index (χ0v) is 10.0. The Hall–Kier alpha value is -2.69. The van der Waals surface area contributed by atoms with Gasteiger partial charge in [-0.2, -0.15) is 0 Å². The van der Waals surface area contributed by atoms with Gasteiger partial charge in [-0.05, 0) is 24.3 Å². The number of aldehydes is 1. The Morgan fingerprint density at radius 1 is 1.21 bits per heavy atom. The molecule has 3 aromatic rings. The Labute approximate surface area is 108 Å². The van der Waals surface area contributed by atoms with E-state index < -0.39 is 0 Å². The summed E-state index contributed by atoms with van der Waals surface area (Å²) < 4.78 is 1.74. The van der Waals surface area contributed by atoms with Crippen LogP contribution < -0.4 is 5.56 Å². The zero-order valence-electron chi connectivity index (χ0n) is 10.0. The van der Waals surface area contributed by atoms with E-state index in [0.29, 0.717) is 29.0 Å². The first kappa shape index (κ1) is 11.4. The lowest BCUT2D eigenvalue weighted by atomic mass is 10.2. The highest BCUT2D eigenvalue weighted by Crippen LogP contribution is 2.07. The number of nitrogens with one attached hydrogen (secondary N) is 1. The molecule has 1 N–H and O–H groups in total. The molecule has 0 bridgehead atoms. The van der Waals surface area contributed by atoms with Gasteiger partial charge in [0.1, 0.15) is 5.82 Å². The molecule has 0 spiro atoms. The number of hydrogen-bond donors (Lipinski definition) is 1. The van der Waals surface area contributed by atoms with Gasteiger partial charge in [0.15, 0.2) is 6.29 Å². The molecule has 0 fully saturated rings. The van der Waals surface area contributed by atoms with Crippen LogP contribution in [0.15, 0.2) is 47.4 Å². The fraction of sp³-hybridized carbons (Fsp3) is 0.0714. The van der Waals surface area contributed by atoms with E-state index in [-0.39, 0.29) is 5.56 Å². The second-order valence-electron chi connectivity index (χ2n) is 4.21. The number of aromatic amines is 1. The lowest BCUT2D eigenvalue weighted by Gasteiger charge is -2.05. The van der Waals surface area contributed by atoms with E-state index in [1.807, 2.05) is 6.07 Å². The molecule has 0 saturated heterocycles. The number of benzene rings is 1. The molecule has 0 aliphatic carbocycles. The third-order valence-corrected chi connectivity index (χ3v) is 2.97. The number of para-hydroxylation sites is 1. The van der Waals surface area contributed by atoms with Crippen LogP contribution in [0.3, 0.4) is 0 Å². The molecule has 2 aromatic heterocycles. The van der Waals surface area contributed by atoms with Crippen molar-refractivity contribution in [2.24, 2.45) is 0 Å². The van der Waals surface area contributed by atoms with Crippen LogP contribution in [0.5, 0.6) is 0 Å². The molecule has 0 aliphatic rings. The molecule has 0 radical (unpaired) electrons. The number of aromatic nitrogens is 3. The summed E-state index contributed by atoms with van der Waals surface area (Å²) in [5.74, 6) is 0.531. The van der Waals surface area contributed by atoms with Crippen molar-refractivity contribution in [3.05, 3.63) is 64.5 Å². The van der Waals surface area contributed by atoms with E-state index in [2.05, 4.69) is 9.97 Å². The Balaban J connectivity index is 2.07. The molecule has 94 valence electrons. The Bertz CT molecular complexity index is 802. The van der Waals surface area contributed by atoms with Gasteiger partial charge in [-0.1, -0.05) is 12.1 Å².